The van der Waals surface area contributed by atoms with Gasteiger partial charge in [0.2, 0.25) is 0 Å². The topological polar surface area (TPSA) is 66.8 Å². The third-order valence-corrected chi connectivity index (χ3v) is 3.16. The molecule has 1 aliphatic rings. The lowest BCUT2D eigenvalue weighted by Gasteiger charge is -2.25. The predicted molar refractivity (Wildman–Crippen MR) is 62.3 cm³/mol. The fourth-order valence-corrected chi connectivity index (χ4v) is 2.38. The summed E-state index contributed by atoms with van der Waals surface area (Å²) in [6.45, 7) is -0.185. The fraction of sp³-hybridized carbons (Fsp3) is 0.462. The number of hydrogen-bond acceptors (Lipinski definition) is 3. The van der Waals surface area contributed by atoms with Crippen LogP contribution in [0.2, 0.25) is 0 Å². The van der Waals surface area contributed by atoms with E-state index in [2.05, 4.69) is 0 Å². The molecule has 0 radical (unpaired) electrons. The lowest BCUT2D eigenvalue weighted by Crippen LogP contribution is -2.16. The van der Waals surface area contributed by atoms with Crippen LogP contribution in [-0.4, -0.2) is 29.4 Å². The Labute approximate surface area is 99.8 Å². The monoisotopic (exact) mass is 236 g/mol. The van der Waals surface area contributed by atoms with Gasteiger partial charge in [-0.3, -0.25) is 0 Å². The van der Waals surface area contributed by atoms with E-state index < -0.39 is 5.97 Å². The Kier molecular flexibility index (Phi) is 3.64. The highest BCUT2D eigenvalue weighted by Crippen LogP contribution is 2.36. The van der Waals surface area contributed by atoms with Crippen LogP contribution in [0.25, 0.3) is 0 Å². The van der Waals surface area contributed by atoms with Crippen LogP contribution in [-0.2, 0) is 11.2 Å². The molecule has 0 bridgehead atoms. The van der Waals surface area contributed by atoms with Crippen molar-refractivity contribution in [3.8, 4) is 5.75 Å². The van der Waals surface area contributed by atoms with Crippen molar-refractivity contribution in [1.29, 1.82) is 0 Å². The standard InChI is InChI=1S/C13H16O4/c14-7-9-3-1-5-11-10(9)4-2-6-12(11)17-8-13(15)16/h2,4,6,9,14H,1,3,5,7-8H2,(H,15,16). The van der Waals surface area contributed by atoms with Gasteiger partial charge in [0.05, 0.1) is 0 Å². The van der Waals surface area contributed by atoms with Gasteiger partial charge in [0.1, 0.15) is 5.75 Å². The Hall–Kier alpha value is -1.55. The van der Waals surface area contributed by atoms with Crippen LogP contribution in [0.4, 0.5) is 0 Å². The second-order valence-electron chi connectivity index (χ2n) is 4.28. The van der Waals surface area contributed by atoms with Gasteiger partial charge in [0, 0.05) is 12.5 Å². The summed E-state index contributed by atoms with van der Waals surface area (Å²) in [5, 5.41) is 17.9. The average Bonchev–Trinajstić information content (AvgIpc) is 2.35. The molecule has 0 aromatic heterocycles. The van der Waals surface area contributed by atoms with E-state index in [0.29, 0.717) is 5.75 Å². The Morgan fingerprint density at radius 1 is 1.47 bits per heavy atom. The maximum Gasteiger partial charge on any atom is 0.341 e. The quantitative estimate of drug-likeness (QED) is 0.832. The van der Waals surface area contributed by atoms with Crippen molar-refractivity contribution in [2.45, 2.75) is 25.2 Å². The molecule has 2 N–H and O–H groups in total. The summed E-state index contributed by atoms with van der Waals surface area (Å²) >= 11 is 0. The fourth-order valence-electron chi connectivity index (χ4n) is 2.38. The number of hydrogen-bond donors (Lipinski definition) is 2. The number of aliphatic carboxylic acids is 1. The van der Waals surface area contributed by atoms with Crippen molar-refractivity contribution in [2.24, 2.45) is 0 Å². The molecule has 0 saturated carbocycles. The Morgan fingerprint density at radius 2 is 2.29 bits per heavy atom. The lowest BCUT2D eigenvalue weighted by atomic mass is 9.83. The van der Waals surface area contributed by atoms with E-state index in [9.17, 15) is 9.90 Å². The minimum absolute atomic E-state index is 0.134. The SMILES string of the molecule is O=C(O)COc1cccc2c1CCCC2CO. The van der Waals surface area contributed by atoms with Gasteiger partial charge in [-0.25, -0.2) is 4.79 Å². The summed E-state index contributed by atoms with van der Waals surface area (Å²) in [4.78, 5) is 10.5. The molecule has 1 aromatic carbocycles. The summed E-state index contributed by atoms with van der Waals surface area (Å²) in [6, 6.07) is 5.63. The van der Waals surface area contributed by atoms with Gasteiger partial charge in [-0.2, -0.15) is 0 Å². The van der Waals surface area contributed by atoms with Crippen molar-refractivity contribution in [3.63, 3.8) is 0 Å². The Bertz CT molecular complexity index is 414. The smallest absolute Gasteiger partial charge is 0.341 e. The zero-order valence-corrected chi connectivity index (χ0v) is 9.56. The normalized spacial score (nSPS) is 18.5. The van der Waals surface area contributed by atoms with E-state index in [1.54, 1.807) is 6.07 Å². The van der Waals surface area contributed by atoms with Crippen LogP contribution in [0.1, 0.15) is 29.9 Å². The van der Waals surface area contributed by atoms with E-state index in [4.69, 9.17) is 9.84 Å². The minimum atomic E-state index is -0.975. The molecule has 2 rings (SSSR count). The van der Waals surface area contributed by atoms with Crippen molar-refractivity contribution in [2.75, 3.05) is 13.2 Å². The molecule has 1 aliphatic carbocycles. The molecule has 0 aliphatic heterocycles. The molecule has 0 saturated heterocycles. The van der Waals surface area contributed by atoms with E-state index in [1.165, 1.54) is 0 Å². The van der Waals surface area contributed by atoms with Gasteiger partial charge >= 0.3 is 5.97 Å². The number of carbonyl (C=O) groups is 1. The highest BCUT2D eigenvalue weighted by molar-refractivity contribution is 5.68. The van der Waals surface area contributed by atoms with Crippen molar-refractivity contribution >= 4 is 5.97 Å². The first-order valence-corrected chi connectivity index (χ1v) is 5.79. The highest BCUT2D eigenvalue weighted by Gasteiger charge is 2.22. The average molecular weight is 236 g/mol. The van der Waals surface area contributed by atoms with E-state index >= 15 is 0 Å². The van der Waals surface area contributed by atoms with Crippen molar-refractivity contribution in [1.82, 2.24) is 0 Å². The number of benzene rings is 1. The van der Waals surface area contributed by atoms with Gasteiger partial charge in [0.25, 0.3) is 0 Å². The molecule has 4 heteroatoms. The molecule has 1 atom stereocenters. The predicted octanol–water partition coefficient (Wildman–Crippen LogP) is 1.56. The second-order valence-corrected chi connectivity index (χ2v) is 4.28. The van der Waals surface area contributed by atoms with Crippen LogP contribution in [0.15, 0.2) is 18.2 Å². The van der Waals surface area contributed by atoms with Crippen LogP contribution >= 0.6 is 0 Å². The van der Waals surface area contributed by atoms with Gasteiger partial charge in [-0.15, -0.1) is 0 Å². The van der Waals surface area contributed by atoms with E-state index in [0.717, 1.165) is 30.4 Å². The summed E-state index contributed by atoms with van der Waals surface area (Å²) in [6.07, 6.45) is 2.87. The zero-order chi connectivity index (χ0) is 12.3. The van der Waals surface area contributed by atoms with Crippen molar-refractivity contribution in [3.05, 3.63) is 29.3 Å². The molecule has 1 aromatic rings. The lowest BCUT2D eigenvalue weighted by molar-refractivity contribution is -0.139. The van der Waals surface area contributed by atoms with Crippen LogP contribution < -0.4 is 4.74 Å². The molecule has 0 fully saturated rings. The highest BCUT2D eigenvalue weighted by atomic mass is 16.5. The molecule has 0 spiro atoms. The summed E-state index contributed by atoms with van der Waals surface area (Å²) in [5.41, 5.74) is 2.15. The number of ether oxygens (including phenoxy) is 1. The molecule has 0 heterocycles. The first-order valence-electron chi connectivity index (χ1n) is 5.79. The maximum absolute atomic E-state index is 10.5. The van der Waals surface area contributed by atoms with Crippen molar-refractivity contribution < 1.29 is 19.7 Å². The summed E-state index contributed by atoms with van der Waals surface area (Å²) < 4.78 is 5.28. The Morgan fingerprint density at radius 3 is 3.00 bits per heavy atom. The van der Waals surface area contributed by atoms with Crippen LogP contribution in [0, 0.1) is 0 Å². The van der Waals surface area contributed by atoms with E-state index in [1.807, 2.05) is 12.1 Å². The molecule has 17 heavy (non-hydrogen) atoms. The molecule has 0 amide bonds. The van der Waals surface area contributed by atoms with Gasteiger partial charge in [0.15, 0.2) is 6.61 Å². The number of fused-ring (bicyclic) bond motifs is 1. The number of carboxylic acid groups (broad SMARTS) is 1. The van der Waals surface area contributed by atoms with E-state index in [-0.39, 0.29) is 19.1 Å². The van der Waals surface area contributed by atoms with Crippen LogP contribution in [0.5, 0.6) is 5.75 Å². The number of rotatable bonds is 4. The number of aliphatic hydroxyl groups is 1. The van der Waals surface area contributed by atoms with Gasteiger partial charge in [-0.05, 0) is 36.5 Å². The maximum atomic E-state index is 10.5. The third-order valence-electron chi connectivity index (χ3n) is 3.16. The first-order chi connectivity index (χ1) is 8.22. The third kappa shape index (κ3) is 2.58. The molecule has 4 nitrogen and oxygen atoms in total. The molecule has 1 unspecified atom stereocenters. The molecule has 92 valence electrons. The largest absolute Gasteiger partial charge is 0.482 e. The van der Waals surface area contributed by atoms with Crippen LogP contribution in [0.3, 0.4) is 0 Å². The summed E-state index contributed by atoms with van der Waals surface area (Å²) in [5.74, 6) is -0.174. The molecular formula is C13H16O4. The number of aliphatic hydroxyl groups excluding tert-OH is 1. The zero-order valence-electron chi connectivity index (χ0n) is 9.56. The second kappa shape index (κ2) is 5.19. The minimum Gasteiger partial charge on any atom is -0.482 e. The van der Waals surface area contributed by atoms with Gasteiger partial charge in [-0.1, -0.05) is 12.1 Å². The van der Waals surface area contributed by atoms with Gasteiger partial charge < -0.3 is 14.9 Å². The number of carboxylic acids is 1. The Balaban J connectivity index is 2.26. The summed E-state index contributed by atoms with van der Waals surface area (Å²) in [7, 11) is 0. The first kappa shape index (κ1) is 11.9. The molecular weight excluding hydrogens is 220 g/mol.